The molecule has 0 spiro atoms. The van der Waals surface area contributed by atoms with Crippen molar-refractivity contribution in [2.75, 3.05) is 6.61 Å². The smallest absolute Gasteiger partial charge is 0.244 e. The van der Waals surface area contributed by atoms with E-state index < -0.39 is 5.92 Å². The minimum absolute atomic E-state index is 0.0305. The highest BCUT2D eigenvalue weighted by atomic mass is 127. The van der Waals surface area contributed by atoms with E-state index in [1.54, 1.807) is 6.07 Å². The molecule has 0 fully saturated rings. The zero-order valence-electron chi connectivity index (χ0n) is 18.0. The van der Waals surface area contributed by atoms with Gasteiger partial charge in [-0.15, -0.1) is 5.10 Å². The molecule has 0 radical (unpaired) electrons. The summed E-state index contributed by atoms with van der Waals surface area (Å²) < 4.78 is 18.4. The fraction of sp³-hybridized carbons (Fsp3) is 0.208. The number of hydrogen-bond donors (Lipinski definition) is 2. The number of halogens is 1. The van der Waals surface area contributed by atoms with Gasteiger partial charge in [-0.3, -0.25) is 5.10 Å². The van der Waals surface area contributed by atoms with Gasteiger partial charge in [-0.1, -0.05) is 18.2 Å². The number of hydrogen-bond acceptors (Lipinski definition) is 7. The second-order valence-corrected chi connectivity index (χ2v) is 8.48. The number of nitrogens with two attached hydrogens (primary N) is 1. The van der Waals surface area contributed by atoms with Crippen LogP contribution < -0.4 is 19.9 Å². The molecular formula is C24H20IN5O3. The quantitative estimate of drug-likeness (QED) is 0.433. The van der Waals surface area contributed by atoms with Crippen LogP contribution in [0, 0.1) is 33.2 Å². The topological polar surface area (TPSA) is 130 Å². The Kier molecular flexibility index (Phi) is 6.43. The highest BCUT2D eigenvalue weighted by Crippen LogP contribution is 2.46. The number of aromatic amines is 1. The van der Waals surface area contributed by atoms with Crippen LogP contribution in [-0.2, 0) is 6.61 Å². The fourth-order valence-corrected chi connectivity index (χ4v) is 4.58. The van der Waals surface area contributed by atoms with Gasteiger partial charge in [0.2, 0.25) is 11.8 Å². The molecule has 166 valence electrons. The second kappa shape index (κ2) is 9.43. The first-order valence-electron chi connectivity index (χ1n) is 10.2. The second-order valence-electron chi connectivity index (χ2n) is 7.31. The van der Waals surface area contributed by atoms with Gasteiger partial charge < -0.3 is 19.9 Å². The molecule has 0 saturated heterocycles. The number of H-pyrrole nitrogens is 1. The molecule has 0 unspecified atom stereocenters. The largest absolute Gasteiger partial charge is 0.490 e. The maximum atomic E-state index is 9.82. The number of aromatic nitrogens is 2. The van der Waals surface area contributed by atoms with E-state index in [1.165, 1.54) is 0 Å². The molecule has 1 aliphatic rings. The normalized spacial score (nSPS) is 14.6. The Bertz CT molecular complexity index is 1330. The Morgan fingerprint density at radius 2 is 2.00 bits per heavy atom. The molecule has 2 aromatic carbocycles. The van der Waals surface area contributed by atoms with Crippen LogP contribution in [0.2, 0.25) is 0 Å². The van der Waals surface area contributed by atoms with Crippen LogP contribution in [0.15, 0.2) is 47.9 Å². The third kappa shape index (κ3) is 4.20. The fourth-order valence-electron chi connectivity index (χ4n) is 3.79. The summed E-state index contributed by atoms with van der Waals surface area (Å²) in [6.07, 6.45) is 0. The molecule has 2 heterocycles. The number of allylic oxidation sites excluding steroid dienone is 1. The van der Waals surface area contributed by atoms with Crippen LogP contribution in [-0.4, -0.2) is 16.8 Å². The molecule has 0 bridgehead atoms. The molecule has 33 heavy (non-hydrogen) atoms. The SMILES string of the molecule is CCOc1cc([C@H]2C(C#N)=C(N)Oc3n[nH]c(C)c32)cc(I)c1OCc1ccccc1C#N. The highest BCUT2D eigenvalue weighted by Gasteiger charge is 2.35. The summed E-state index contributed by atoms with van der Waals surface area (Å²) in [6.45, 7) is 4.41. The molecular weight excluding hydrogens is 533 g/mol. The molecule has 1 atom stereocenters. The Hall–Kier alpha value is -3.70. The van der Waals surface area contributed by atoms with E-state index in [2.05, 4.69) is 44.9 Å². The number of rotatable bonds is 6. The average molecular weight is 553 g/mol. The maximum absolute atomic E-state index is 9.82. The van der Waals surface area contributed by atoms with E-state index in [0.717, 1.165) is 26.0 Å². The average Bonchev–Trinajstić information content (AvgIpc) is 3.17. The van der Waals surface area contributed by atoms with Crippen molar-refractivity contribution in [3.05, 3.63) is 79.4 Å². The van der Waals surface area contributed by atoms with Crippen molar-refractivity contribution in [1.29, 1.82) is 10.5 Å². The van der Waals surface area contributed by atoms with Gasteiger partial charge in [0.15, 0.2) is 11.5 Å². The van der Waals surface area contributed by atoms with Crippen molar-refractivity contribution < 1.29 is 14.2 Å². The van der Waals surface area contributed by atoms with E-state index in [9.17, 15) is 10.5 Å². The van der Waals surface area contributed by atoms with E-state index in [1.807, 2.05) is 44.2 Å². The lowest BCUT2D eigenvalue weighted by Crippen LogP contribution is -2.21. The Morgan fingerprint density at radius 3 is 2.73 bits per heavy atom. The molecule has 3 N–H and O–H groups in total. The zero-order valence-corrected chi connectivity index (χ0v) is 20.1. The minimum Gasteiger partial charge on any atom is -0.490 e. The van der Waals surface area contributed by atoms with Gasteiger partial charge in [0.1, 0.15) is 18.2 Å². The van der Waals surface area contributed by atoms with E-state index in [0.29, 0.717) is 35.1 Å². The first-order chi connectivity index (χ1) is 16.0. The summed E-state index contributed by atoms with van der Waals surface area (Å²) in [6, 6.07) is 15.5. The van der Waals surface area contributed by atoms with Crippen molar-refractivity contribution in [1.82, 2.24) is 10.2 Å². The van der Waals surface area contributed by atoms with E-state index in [-0.39, 0.29) is 12.5 Å². The van der Waals surface area contributed by atoms with Crippen LogP contribution in [0.1, 0.15) is 40.8 Å². The van der Waals surface area contributed by atoms with Crippen LogP contribution in [0.25, 0.3) is 0 Å². The summed E-state index contributed by atoms with van der Waals surface area (Å²) in [5.41, 5.74) is 10.1. The summed E-state index contributed by atoms with van der Waals surface area (Å²) in [5, 5.41) is 26.3. The summed E-state index contributed by atoms with van der Waals surface area (Å²) in [4.78, 5) is 0. The lowest BCUT2D eigenvalue weighted by atomic mass is 9.84. The number of nitrogens with one attached hydrogen (secondary N) is 1. The number of nitriles is 2. The van der Waals surface area contributed by atoms with Crippen molar-refractivity contribution in [2.24, 2.45) is 5.73 Å². The lowest BCUT2D eigenvalue weighted by molar-refractivity contribution is 0.267. The van der Waals surface area contributed by atoms with Crippen molar-refractivity contribution in [3.63, 3.8) is 0 Å². The van der Waals surface area contributed by atoms with Gasteiger partial charge in [-0.25, -0.2) is 0 Å². The van der Waals surface area contributed by atoms with Gasteiger partial charge in [0, 0.05) is 16.8 Å². The Morgan fingerprint density at radius 1 is 1.21 bits per heavy atom. The Balaban J connectivity index is 1.77. The zero-order chi connectivity index (χ0) is 23.5. The molecule has 3 aromatic rings. The van der Waals surface area contributed by atoms with E-state index in [4.69, 9.17) is 19.9 Å². The summed E-state index contributed by atoms with van der Waals surface area (Å²) >= 11 is 2.18. The Labute approximate surface area is 204 Å². The van der Waals surface area contributed by atoms with Gasteiger partial charge in [-0.2, -0.15) is 10.5 Å². The van der Waals surface area contributed by atoms with Gasteiger partial charge in [-0.05, 0) is 60.2 Å². The van der Waals surface area contributed by atoms with Gasteiger partial charge in [0.05, 0.1) is 27.7 Å². The molecule has 0 aliphatic carbocycles. The molecule has 9 heteroatoms. The number of benzene rings is 2. The predicted octanol–water partition coefficient (Wildman–Crippen LogP) is 4.39. The monoisotopic (exact) mass is 553 g/mol. The molecule has 1 aromatic heterocycles. The standard InChI is InChI=1S/C24H20IN5O3/c1-3-31-19-9-16(21-17(11-27)23(28)33-24-20(21)13(2)29-30-24)8-18(25)22(19)32-12-15-7-5-4-6-14(15)10-26/h4-9,21H,3,12,28H2,1-2H3,(H,29,30)/t21-/m0/s1. The molecule has 8 nitrogen and oxygen atoms in total. The molecule has 1 aliphatic heterocycles. The van der Waals surface area contributed by atoms with Crippen molar-refractivity contribution in [2.45, 2.75) is 26.4 Å². The van der Waals surface area contributed by atoms with Crippen LogP contribution in [0.3, 0.4) is 0 Å². The minimum atomic E-state index is -0.460. The van der Waals surface area contributed by atoms with Crippen LogP contribution in [0.4, 0.5) is 0 Å². The van der Waals surface area contributed by atoms with Crippen molar-refractivity contribution in [3.8, 4) is 29.5 Å². The predicted molar refractivity (Wildman–Crippen MR) is 128 cm³/mol. The van der Waals surface area contributed by atoms with Crippen LogP contribution >= 0.6 is 22.6 Å². The van der Waals surface area contributed by atoms with Crippen LogP contribution in [0.5, 0.6) is 17.4 Å². The first kappa shape index (κ1) is 22.5. The lowest BCUT2D eigenvalue weighted by Gasteiger charge is -2.25. The third-order valence-electron chi connectivity index (χ3n) is 5.30. The van der Waals surface area contributed by atoms with E-state index >= 15 is 0 Å². The molecule has 0 amide bonds. The summed E-state index contributed by atoms with van der Waals surface area (Å²) in [5.74, 6) is 1.04. The summed E-state index contributed by atoms with van der Waals surface area (Å²) in [7, 11) is 0. The van der Waals surface area contributed by atoms with Crippen molar-refractivity contribution >= 4 is 22.6 Å². The van der Waals surface area contributed by atoms with Gasteiger partial charge >= 0.3 is 0 Å². The molecule has 0 saturated carbocycles. The van der Waals surface area contributed by atoms with Gasteiger partial charge in [0.25, 0.3) is 0 Å². The third-order valence-corrected chi connectivity index (χ3v) is 6.11. The maximum Gasteiger partial charge on any atom is 0.244 e. The number of fused-ring (bicyclic) bond motifs is 1. The highest BCUT2D eigenvalue weighted by molar-refractivity contribution is 14.1. The molecule has 4 rings (SSSR count). The number of nitrogens with zero attached hydrogens (tertiary/aromatic N) is 3. The first-order valence-corrected chi connectivity index (χ1v) is 11.3. The number of ether oxygens (including phenoxy) is 3. The number of aryl methyl sites for hydroxylation is 1.